The molecule has 1 saturated heterocycles. The van der Waals surface area contributed by atoms with Gasteiger partial charge in [-0.3, -0.25) is 0 Å². The summed E-state index contributed by atoms with van der Waals surface area (Å²) < 4.78 is 30.5. The molecule has 2 N–H and O–H groups in total. The second-order valence-corrected chi connectivity index (χ2v) is 6.36. The lowest BCUT2D eigenvalue weighted by atomic mass is 10.3. The molecular formula is C12H16N2O5S. The second-order valence-electron chi connectivity index (χ2n) is 4.45. The van der Waals surface area contributed by atoms with Gasteiger partial charge in [0.15, 0.2) is 0 Å². The van der Waals surface area contributed by atoms with Gasteiger partial charge >= 0.3 is 6.09 Å². The van der Waals surface area contributed by atoms with Crippen LogP contribution in [-0.2, 0) is 14.8 Å². The molecule has 7 nitrogen and oxygen atoms in total. The van der Waals surface area contributed by atoms with Crippen LogP contribution in [0.15, 0.2) is 29.2 Å². The number of nitrogens with one attached hydrogen (secondary N) is 1. The SMILES string of the molecule is COC(=O)NC1CCN(S(=O)(=O)c2ccccc2O)C1. The molecule has 0 radical (unpaired) electrons. The van der Waals surface area contributed by atoms with Crippen molar-refractivity contribution in [3.05, 3.63) is 24.3 Å². The Hall–Kier alpha value is -1.80. The number of alkyl carbamates (subject to hydrolysis) is 1. The quantitative estimate of drug-likeness (QED) is 0.848. The van der Waals surface area contributed by atoms with E-state index in [1.54, 1.807) is 12.1 Å². The number of para-hydroxylation sites is 1. The van der Waals surface area contributed by atoms with Gasteiger partial charge in [0.2, 0.25) is 10.0 Å². The summed E-state index contributed by atoms with van der Waals surface area (Å²) in [6.07, 6.45) is -0.0844. The number of carbonyl (C=O) groups excluding carboxylic acids is 1. The summed E-state index contributed by atoms with van der Waals surface area (Å²) in [5.41, 5.74) is 0. The molecule has 1 amide bonds. The average molecular weight is 300 g/mol. The monoisotopic (exact) mass is 300 g/mol. The van der Waals surface area contributed by atoms with Crippen LogP contribution in [0.5, 0.6) is 5.75 Å². The lowest BCUT2D eigenvalue weighted by Crippen LogP contribution is -2.38. The molecule has 1 aliphatic heterocycles. The van der Waals surface area contributed by atoms with Crippen LogP contribution in [-0.4, -0.2) is 50.2 Å². The molecule has 1 aliphatic rings. The van der Waals surface area contributed by atoms with Crippen LogP contribution in [0.3, 0.4) is 0 Å². The summed E-state index contributed by atoms with van der Waals surface area (Å²) in [5, 5.41) is 12.2. The number of methoxy groups -OCH3 is 1. The standard InChI is InChI=1S/C12H16N2O5S/c1-19-12(16)13-9-6-7-14(8-9)20(17,18)11-5-3-2-4-10(11)15/h2-5,9,15H,6-8H2,1H3,(H,13,16). The van der Waals surface area contributed by atoms with Crippen LogP contribution in [0.25, 0.3) is 0 Å². The average Bonchev–Trinajstić information content (AvgIpc) is 2.88. The van der Waals surface area contributed by atoms with Crippen molar-refractivity contribution in [3.63, 3.8) is 0 Å². The number of phenols is 1. The first-order valence-corrected chi connectivity index (χ1v) is 7.52. The fourth-order valence-corrected chi connectivity index (χ4v) is 3.69. The van der Waals surface area contributed by atoms with Crippen LogP contribution in [0.1, 0.15) is 6.42 Å². The Morgan fingerprint density at radius 3 is 2.80 bits per heavy atom. The summed E-state index contributed by atoms with van der Waals surface area (Å²) in [6.45, 7) is 0.442. The molecule has 1 aromatic rings. The minimum Gasteiger partial charge on any atom is -0.507 e. The van der Waals surface area contributed by atoms with Crippen molar-refractivity contribution in [2.75, 3.05) is 20.2 Å². The van der Waals surface area contributed by atoms with Gasteiger partial charge in [0, 0.05) is 19.1 Å². The van der Waals surface area contributed by atoms with Crippen LogP contribution in [0.2, 0.25) is 0 Å². The lowest BCUT2D eigenvalue weighted by molar-refractivity contribution is 0.167. The number of hydrogen-bond donors (Lipinski definition) is 2. The number of carbonyl (C=O) groups is 1. The topological polar surface area (TPSA) is 95.9 Å². The van der Waals surface area contributed by atoms with Crippen molar-refractivity contribution >= 4 is 16.1 Å². The number of amides is 1. The summed E-state index contributed by atoms with van der Waals surface area (Å²) in [5.74, 6) is -0.281. The second kappa shape index (κ2) is 5.68. The van der Waals surface area contributed by atoms with Crippen LogP contribution >= 0.6 is 0 Å². The van der Waals surface area contributed by atoms with Crippen molar-refractivity contribution in [2.45, 2.75) is 17.4 Å². The van der Waals surface area contributed by atoms with E-state index in [1.807, 2.05) is 0 Å². The van der Waals surface area contributed by atoms with E-state index in [4.69, 9.17) is 0 Å². The highest BCUT2D eigenvalue weighted by molar-refractivity contribution is 7.89. The Bertz CT molecular complexity index is 602. The van der Waals surface area contributed by atoms with Gasteiger partial charge in [0.1, 0.15) is 10.6 Å². The van der Waals surface area contributed by atoms with Gasteiger partial charge in [-0.15, -0.1) is 0 Å². The fourth-order valence-electron chi connectivity index (χ4n) is 2.10. The van der Waals surface area contributed by atoms with Crippen LogP contribution < -0.4 is 5.32 Å². The van der Waals surface area contributed by atoms with E-state index in [2.05, 4.69) is 10.1 Å². The van der Waals surface area contributed by atoms with Crippen molar-refractivity contribution < 1.29 is 23.1 Å². The third kappa shape index (κ3) is 2.86. The largest absolute Gasteiger partial charge is 0.507 e. The zero-order chi connectivity index (χ0) is 14.8. The normalized spacial score (nSPS) is 19.8. The van der Waals surface area contributed by atoms with Crippen molar-refractivity contribution in [2.24, 2.45) is 0 Å². The molecule has 0 aromatic heterocycles. The minimum absolute atomic E-state index is 0.126. The van der Waals surface area contributed by atoms with Crippen LogP contribution in [0, 0.1) is 0 Å². The smallest absolute Gasteiger partial charge is 0.407 e. The molecule has 1 unspecified atom stereocenters. The van der Waals surface area contributed by atoms with Gasteiger partial charge in [-0.25, -0.2) is 13.2 Å². The van der Waals surface area contributed by atoms with Gasteiger partial charge in [0.25, 0.3) is 0 Å². The zero-order valence-electron chi connectivity index (χ0n) is 10.9. The number of phenolic OH excluding ortho intramolecular Hbond substituents is 1. The number of benzene rings is 1. The van der Waals surface area contributed by atoms with E-state index in [0.717, 1.165) is 0 Å². The number of nitrogens with zero attached hydrogens (tertiary/aromatic N) is 1. The van der Waals surface area contributed by atoms with Gasteiger partial charge in [-0.1, -0.05) is 12.1 Å². The van der Waals surface area contributed by atoms with Gasteiger partial charge in [-0.2, -0.15) is 4.31 Å². The van der Waals surface area contributed by atoms with E-state index in [1.165, 1.54) is 23.5 Å². The molecule has 1 fully saturated rings. The van der Waals surface area contributed by atoms with E-state index in [0.29, 0.717) is 6.42 Å². The lowest BCUT2D eigenvalue weighted by Gasteiger charge is -2.17. The molecule has 1 aromatic carbocycles. The van der Waals surface area contributed by atoms with Crippen molar-refractivity contribution in [3.8, 4) is 5.75 Å². The number of sulfonamides is 1. The highest BCUT2D eigenvalue weighted by Gasteiger charge is 2.34. The molecule has 0 bridgehead atoms. The number of ether oxygens (including phenoxy) is 1. The number of aromatic hydroxyl groups is 1. The van der Waals surface area contributed by atoms with Crippen molar-refractivity contribution in [1.29, 1.82) is 0 Å². The molecule has 0 spiro atoms. The maximum absolute atomic E-state index is 12.4. The highest BCUT2D eigenvalue weighted by atomic mass is 32.2. The Balaban J connectivity index is 2.13. The fraction of sp³-hybridized carbons (Fsp3) is 0.417. The minimum atomic E-state index is -3.75. The summed E-state index contributed by atoms with van der Waals surface area (Å²) in [4.78, 5) is 11.0. The molecule has 20 heavy (non-hydrogen) atoms. The zero-order valence-corrected chi connectivity index (χ0v) is 11.8. The first kappa shape index (κ1) is 14.6. The molecule has 1 atom stereocenters. The first-order valence-electron chi connectivity index (χ1n) is 6.08. The predicted molar refractivity (Wildman–Crippen MR) is 70.8 cm³/mol. The van der Waals surface area contributed by atoms with Gasteiger partial charge in [-0.05, 0) is 18.6 Å². The number of rotatable bonds is 3. The molecule has 8 heteroatoms. The maximum atomic E-state index is 12.4. The Kier molecular flexibility index (Phi) is 4.15. The van der Waals surface area contributed by atoms with E-state index in [-0.39, 0.29) is 29.8 Å². The Labute approximate surface area is 117 Å². The molecule has 0 aliphatic carbocycles. The molecule has 2 rings (SSSR count). The summed E-state index contributed by atoms with van der Waals surface area (Å²) in [7, 11) is -2.50. The Morgan fingerprint density at radius 2 is 2.15 bits per heavy atom. The predicted octanol–water partition coefficient (Wildman–Crippen LogP) is 0.511. The molecule has 110 valence electrons. The van der Waals surface area contributed by atoms with E-state index in [9.17, 15) is 18.3 Å². The van der Waals surface area contributed by atoms with E-state index < -0.39 is 16.1 Å². The third-order valence-electron chi connectivity index (χ3n) is 3.14. The molecular weight excluding hydrogens is 284 g/mol. The van der Waals surface area contributed by atoms with Crippen LogP contribution in [0.4, 0.5) is 4.79 Å². The Morgan fingerprint density at radius 1 is 1.45 bits per heavy atom. The van der Waals surface area contributed by atoms with E-state index >= 15 is 0 Å². The third-order valence-corrected chi connectivity index (χ3v) is 5.05. The first-order chi connectivity index (χ1) is 9.45. The number of hydrogen-bond acceptors (Lipinski definition) is 5. The maximum Gasteiger partial charge on any atom is 0.407 e. The van der Waals surface area contributed by atoms with Crippen molar-refractivity contribution in [1.82, 2.24) is 9.62 Å². The molecule has 0 saturated carbocycles. The summed E-state index contributed by atoms with van der Waals surface area (Å²) in [6, 6.07) is 5.49. The van der Waals surface area contributed by atoms with Gasteiger partial charge in [0.05, 0.1) is 7.11 Å². The van der Waals surface area contributed by atoms with Gasteiger partial charge < -0.3 is 15.2 Å². The summed E-state index contributed by atoms with van der Waals surface area (Å²) >= 11 is 0. The molecule has 1 heterocycles. The highest BCUT2D eigenvalue weighted by Crippen LogP contribution is 2.27.